The first-order chi connectivity index (χ1) is 10.9. The molecule has 0 aliphatic carbocycles. The van der Waals surface area contributed by atoms with E-state index in [1.807, 2.05) is 19.1 Å². The van der Waals surface area contributed by atoms with Gasteiger partial charge in [0.2, 0.25) is 0 Å². The van der Waals surface area contributed by atoms with Gasteiger partial charge >= 0.3 is 5.76 Å². The Kier molecular flexibility index (Phi) is 3.73. The van der Waals surface area contributed by atoms with Crippen LogP contribution in [0.3, 0.4) is 0 Å². The molecular weight excluding hydrogens is 316 g/mol. The molecule has 0 unspecified atom stereocenters. The number of nitrogens with one attached hydrogen (secondary N) is 2. The molecule has 0 saturated carbocycles. The standard InChI is InChI=1S/C16H16N2O4S/c1-3-11-6-4-5-7-12(11)18-23(20,21)15-9-14-13(8-10(15)2)17-16(19)22-14/h4-9,18H,3H2,1-2H3,(H,17,19). The van der Waals surface area contributed by atoms with Gasteiger partial charge in [-0.05, 0) is 36.6 Å². The molecule has 1 aromatic heterocycles. The number of para-hydroxylation sites is 1. The smallest absolute Gasteiger partial charge is 0.408 e. The molecule has 0 aliphatic rings. The quantitative estimate of drug-likeness (QED) is 0.768. The maximum atomic E-state index is 12.7. The lowest BCUT2D eigenvalue weighted by Crippen LogP contribution is -2.15. The molecule has 2 aromatic carbocycles. The second kappa shape index (κ2) is 5.58. The third-order valence-electron chi connectivity index (χ3n) is 3.65. The van der Waals surface area contributed by atoms with E-state index < -0.39 is 15.8 Å². The molecule has 6 nitrogen and oxygen atoms in total. The summed E-state index contributed by atoms with van der Waals surface area (Å²) in [5.41, 5.74) is 2.66. The number of hydrogen-bond acceptors (Lipinski definition) is 4. The second-order valence-electron chi connectivity index (χ2n) is 5.24. The highest BCUT2D eigenvalue weighted by Crippen LogP contribution is 2.25. The largest absolute Gasteiger partial charge is 0.417 e. The summed E-state index contributed by atoms with van der Waals surface area (Å²) in [6.07, 6.45) is 0.712. The van der Waals surface area contributed by atoms with Gasteiger partial charge in [-0.1, -0.05) is 25.1 Å². The Morgan fingerprint density at radius 2 is 1.96 bits per heavy atom. The zero-order valence-corrected chi connectivity index (χ0v) is 13.5. The van der Waals surface area contributed by atoms with Crippen LogP contribution in [0.5, 0.6) is 0 Å². The lowest BCUT2D eigenvalue weighted by atomic mass is 10.1. The first-order valence-corrected chi connectivity index (χ1v) is 8.63. The lowest BCUT2D eigenvalue weighted by Gasteiger charge is -2.13. The minimum absolute atomic E-state index is 0.0821. The Labute approximate surface area is 133 Å². The van der Waals surface area contributed by atoms with Crippen LogP contribution in [0.2, 0.25) is 0 Å². The van der Waals surface area contributed by atoms with Crippen LogP contribution in [0.25, 0.3) is 11.1 Å². The van der Waals surface area contributed by atoms with Gasteiger partial charge in [-0.2, -0.15) is 0 Å². The van der Waals surface area contributed by atoms with Gasteiger partial charge in [0.05, 0.1) is 16.1 Å². The highest BCUT2D eigenvalue weighted by Gasteiger charge is 2.20. The van der Waals surface area contributed by atoms with Crippen LogP contribution in [0.1, 0.15) is 18.1 Å². The SMILES string of the molecule is CCc1ccccc1NS(=O)(=O)c1cc2oc(=O)[nH]c2cc1C. The van der Waals surface area contributed by atoms with Crippen molar-refractivity contribution in [3.63, 3.8) is 0 Å². The number of sulfonamides is 1. The van der Waals surface area contributed by atoms with Gasteiger partial charge < -0.3 is 4.42 Å². The first-order valence-electron chi connectivity index (χ1n) is 7.15. The third kappa shape index (κ3) is 2.87. The highest BCUT2D eigenvalue weighted by molar-refractivity contribution is 7.92. The Balaban J connectivity index is 2.09. The molecule has 0 spiro atoms. The van der Waals surface area contributed by atoms with Crippen molar-refractivity contribution in [3.8, 4) is 0 Å². The molecule has 0 saturated heterocycles. The summed E-state index contributed by atoms with van der Waals surface area (Å²) >= 11 is 0. The molecule has 0 fully saturated rings. The van der Waals surface area contributed by atoms with E-state index in [0.717, 1.165) is 5.56 Å². The molecule has 7 heteroatoms. The van der Waals surface area contributed by atoms with Crippen LogP contribution in [0, 0.1) is 6.92 Å². The van der Waals surface area contributed by atoms with Crippen molar-refractivity contribution in [2.75, 3.05) is 4.72 Å². The average Bonchev–Trinajstić information content (AvgIpc) is 2.85. The molecule has 0 bridgehead atoms. The lowest BCUT2D eigenvalue weighted by molar-refractivity contribution is 0.554. The Morgan fingerprint density at radius 1 is 1.22 bits per heavy atom. The van der Waals surface area contributed by atoms with E-state index in [9.17, 15) is 13.2 Å². The predicted molar refractivity (Wildman–Crippen MR) is 88.2 cm³/mol. The summed E-state index contributed by atoms with van der Waals surface area (Å²) < 4.78 is 33.0. The minimum atomic E-state index is -3.78. The monoisotopic (exact) mass is 332 g/mol. The van der Waals surface area contributed by atoms with Crippen LogP contribution in [-0.2, 0) is 16.4 Å². The zero-order valence-electron chi connectivity index (χ0n) is 12.7. The van der Waals surface area contributed by atoms with Crippen molar-refractivity contribution in [2.24, 2.45) is 0 Å². The van der Waals surface area contributed by atoms with Crippen molar-refractivity contribution in [2.45, 2.75) is 25.2 Å². The number of aryl methyl sites for hydroxylation is 2. The minimum Gasteiger partial charge on any atom is -0.408 e. The number of hydrogen-bond donors (Lipinski definition) is 2. The van der Waals surface area contributed by atoms with Crippen molar-refractivity contribution in [3.05, 3.63) is 58.1 Å². The van der Waals surface area contributed by atoms with Crippen molar-refractivity contribution in [1.82, 2.24) is 4.98 Å². The van der Waals surface area contributed by atoms with E-state index in [0.29, 0.717) is 23.2 Å². The topological polar surface area (TPSA) is 92.2 Å². The number of aromatic nitrogens is 1. The molecular formula is C16H16N2O4S. The summed E-state index contributed by atoms with van der Waals surface area (Å²) in [6, 6.07) is 10.2. The van der Waals surface area contributed by atoms with Gasteiger partial charge in [-0.3, -0.25) is 9.71 Å². The molecule has 1 heterocycles. The molecule has 3 rings (SSSR count). The van der Waals surface area contributed by atoms with Gasteiger partial charge in [-0.25, -0.2) is 13.2 Å². The fourth-order valence-electron chi connectivity index (χ4n) is 2.50. The van der Waals surface area contributed by atoms with Crippen LogP contribution in [0.4, 0.5) is 5.69 Å². The Hall–Kier alpha value is -2.54. The van der Waals surface area contributed by atoms with Crippen molar-refractivity contribution < 1.29 is 12.8 Å². The van der Waals surface area contributed by atoms with Gasteiger partial charge in [0.25, 0.3) is 10.0 Å². The number of anilines is 1. The summed E-state index contributed by atoms with van der Waals surface area (Å²) in [4.78, 5) is 13.8. The molecule has 23 heavy (non-hydrogen) atoms. The maximum Gasteiger partial charge on any atom is 0.417 e. The van der Waals surface area contributed by atoms with Crippen molar-refractivity contribution in [1.29, 1.82) is 0 Å². The number of fused-ring (bicyclic) bond motifs is 1. The molecule has 0 amide bonds. The zero-order chi connectivity index (χ0) is 16.6. The number of oxazole rings is 1. The summed E-state index contributed by atoms with van der Waals surface area (Å²) in [5, 5.41) is 0. The van der Waals surface area contributed by atoms with Gasteiger partial charge in [0, 0.05) is 6.07 Å². The van der Waals surface area contributed by atoms with E-state index in [1.165, 1.54) is 6.07 Å². The Bertz CT molecular complexity index is 1030. The normalized spacial score (nSPS) is 11.7. The number of aromatic amines is 1. The van der Waals surface area contributed by atoms with Crippen LogP contribution in [0.15, 0.2) is 50.5 Å². The van der Waals surface area contributed by atoms with E-state index in [1.54, 1.807) is 25.1 Å². The van der Waals surface area contributed by atoms with Gasteiger partial charge in [0.1, 0.15) is 0 Å². The highest BCUT2D eigenvalue weighted by atomic mass is 32.2. The van der Waals surface area contributed by atoms with Crippen LogP contribution >= 0.6 is 0 Å². The molecule has 2 N–H and O–H groups in total. The number of benzene rings is 2. The molecule has 0 radical (unpaired) electrons. The fraction of sp³-hybridized carbons (Fsp3) is 0.188. The average molecular weight is 332 g/mol. The summed E-state index contributed by atoms with van der Waals surface area (Å²) in [7, 11) is -3.78. The number of rotatable bonds is 4. The van der Waals surface area contributed by atoms with E-state index in [4.69, 9.17) is 4.42 Å². The Morgan fingerprint density at radius 3 is 2.70 bits per heavy atom. The van der Waals surface area contributed by atoms with E-state index >= 15 is 0 Å². The van der Waals surface area contributed by atoms with Gasteiger partial charge in [0.15, 0.2) is 5.58 Å². The van der Waals surface area contributed by atoms with E-state index in [2.05, 4.69) is 9.71 Å². The number of H-pyrrole nitrogens is 1. The molecule has 0 atom stereocenters. The third-order valence-corrected chi connectivity index (χ3v) is 5.16. The first kappa shape index (κ1) is 15.4. The molecule has 120 valence electrons. The van der Waals surface area contributed by atoms with Crippen molar-refractivity contribution >= 4 is 26.8 Å². The fourth-order valence-corrected chi connectivity index (χ4v) is 3.85. The van der Waals surface area contributed by atoms with Gasteiger partial charge in [-0.15, -0.1) is 0 Å². The van der Waals surface area contributed by atoms with E-state index in [-0.39, 0.29) is 10.5 Å². The summed E-state index contributed by atoms with van der Waals surface area (Å²) in [6.45, 7) is 3.63. The van der Waals surface area contributed by atoms with Crippen LogP contribution < -0.4 is 10.5 Å². The molecule has 0 aliphatic heterocycles. The predicted octanol–water partition coefficient (Wildman–Crippen LogP) is 2.79. The second-order valence-corrected chi connectivity index (χ2v) is 6.90. The maximum absolute atomic E-state index is 12.7. The van der Waals surface area contributed by atoms with Crippen LogP contribution in [-0.4, -0.2) is 13.4 Å². The summed E-state index contributed by atoms with van der Waals surface area (Å²) in [5.74, 6) is -0.613. The molecule has 3 aromatic rings.